The normalized spacial score (nSPS) is 35.0. The van der Waals surface area contributed by atoms with E-state index < -0.39 is 10.0 Å². The quantitative estimate of drug-likeness (QED) is 0.836. The Morgan fingerprint density at radius 3 is 2.64 bits per heavy atom. The highest BCUT2D eigenvalue weighted by molar-refractivity contribution is 7.88. The van der Waals surface area contributed by atoms with E-state index in [9.17, 15) is 13.2 Å². The molecule has 0 aromatic heterocycles. The van der Waals surface area contributed by atoms with Crippen LogP contribution in [0.1, 0.15) is 51.4 Å². The van der Waals surface area contributed by atoms with Gasteiger partial charge in [0, 0.05) is 25.6 Å². The van der Waals surface area contributed by atoms with Crippen LogP contribution in [0.3, 0.4) is 0 Å². The van der Waals surface area contributed by atoms with Crippen LogP contribution in [0, 0.1) is 17.8 Å². The molecule has 1 aliphatic heterocycles. The number of nitrogens with zero attached hydrogens (tertiary/aromatic N) is 1. The molecule has 0 aromatic rings. The van der Waals surface area contributed by atoms with Crippen molar-refractivity contribution in [1.82, 2.24) is 9.62 Å². The number of amides is 1. The minimum atomic E-state index is -3.19. The third kappa shape index (κ3) is 3.82. The summed E-state index contributed by atoms with van der Waals surface area (Å²) in [6, 6.07) is 0.0366. The number of fused-ring (bicyclic) bond motifs is 2. The molecule has 0 spiro atoms. The van der Waals surface area contributed by atoms with E-state index in [0.717, 1.165) is 37.6 Å². The van der Waals surface area contributed by atoms with E-state index in [1.54, 1.807) is 0 Å². The highest BCUT2D eigenvalue weighted by Crippen LogP contribution is 2.49. The van der Waals surface area contributed by atoms with E-state index in [-0.39, 0.29) is 11.9 Å². The van der Waals surface area contributed by atoms with Gasteiger partial charge in [0.2, 0.25) is 15.9 Å². The average molecular weight is 328 g/mol. The fourth-order valence-corrected chi connectivity index (χ4v) is 5.25. The number of piperidine rings is 1. The molecular weight excluding hydrogens is 300 g/mol. The lowest BCUT2D eigenvalue weighted by Gasteiger charge is -2.37. The first-order valence-electron chi connectivity index (χ1n) is 8.66. The topological polar surface area (TPSA) is 66.5 Å². The standard InChI is InChI=1S/C16H28N2O3S/c1-22(20,21)17-11-15-4-2-3-7-18(15)16(19)10-14-9-12-5-6-13(14)8-12/h12-15,17H,2-11H2,1H3/t12-,13-,14-,15-/m0/s1. The highest BCUT2D eigenvalue weighted by atomic mass is 32.2. The first kappa shape index (κ1) is 16.2. The minimum absolute atomic E-state index is 0.0366. The highest BCUT2D eigenvalue weighted by Gasteiger charge is 2.41. The van der Waals surface area contributed by atoms with Crippen LogP contribution in [0.2, 0.25) is 0 Å². The van der Waals surface area contributed by atoms with E-state index in [0.29, 0.717) is 18.9 Å². The van der Waals surface area contributed by atoms with Crippen molar-refractivity contribution in [3.05, 3.63) is 0 Å². The van der Waals surface area contributed by atoms with Crippen molar-refractivity contribution in [2.45, 2.75) is 57.4 Å². The molecule has 0 unspecified atom stereocenters. The zero-order valence-corrected chi connectivity index (χ0v) is 14.3. The van der Waals surface area contributed by atoms with Gasteiger partial charge in [-0.15, -0.1) is 0 Å². The lowest BCUT2D eigenvalue weighted by atomic mass is 9.85. The molecule has 0 radical (unpaired) electrons. The molecule has 126 valence electrons. The molecular formula is C16H28N2O3S. The summed E-state index contributed by atoms with van der Waals surface area (Å²) >= 11 is 0. The Labute approximate surface area is 133 Å². The number of sulfonamides is 1. The summed E-state index contributed by atoms with van der Waals surface area (Å²) in [5.74, 6) is 2.47. The van der Waals surface area contributed by atoms with Gasteiger partial charge in [-0.25, -0.2) is 13.1 Å². The molecule has 2 bridgehead atoms. The van der Waals surface area contributed by atoms with E-state index in [1.165, 1.54) is 31.9 Å². The SMILES string of the molecule is CS(=O)(=O)NC[C@@H]1CCCCN1C(=O)C[C@@H]1C[C@H]2CC[C@H]1C2. The lowest BCUT2D eigenvalue weighted by molar-refractivity contribution is -0.136. The fraction of sp³-hybridized carbons (Fsp3) is 0.938. The summed E-state index contributed by atoms with van der Waals surface area (Å²) in [5.41, 5.74) is 0. The van der Waals surface area contributed by atoms with Gasteiger partial charge in [0.05, 0.1) is 6.26 Å². The molecule has 0 aromatic carbocycles. The fourth-order valence-electron chi connectivity index (χ4n) is 4.76. The van der Waals surface area contributed by atoms with Gasteiger partial charge in [-0.1, -0.05) is 6.42 Å². The van der Waals surface area contributed by atoms with Crippen LogP contribution in [-0.4, -0.2) is 44.6 Å². The lowest BCUT2D eigenvalue weighted by Crippen LogP contribution is -2.49. The van der Waals surface area contributed by atoms with Crippen molar-refractivity contribution in [2.75, 3.05) is 19.3 Å². The molecule has 4 atom stereocenters. The number of hydrogen-bond acceptors (Lipinski definition) is 3. The molecule has 1 saturated heterocycles. The number of likely N-dealkylation sites (tertiary alicyclic amines) is 1. The third-order valence-corrected chi connectivity index (χ3v) is 6.54. The second kappa shape index (κ2) is 6.48. The molecule has 1 N–H and O–H groups in total. The van der Waals surface area contributed by atoms with Gasteiger partial charge in [-0.3, -0.25) is 4.79 Å². The van der Waals surface area contributed by atoms with Crippen LogP contribution < -0.4 is 4.72 Å². The van der Waals surface area contributed by atoms with Gasteiger partial charge >= 0.3 is 0 Å². The van der Waals surface area contributed by atoms with E-state index in [4.69, 9.17) is 0 Å². The van der Waals surface area contributed by atoms with Crippen LogP contribution in [-0.2, 0) is 14.8 Å². The molecule has 3 aliphatic rings. The van der Waals surface area contributed by atoms with Crippen LogP contribution in [0.25, 0.3) is 0 Å². The predicted octanol–water partition coefficient (Wildman–Crippen LogP) is 1.74. The van der Waals surface area contributed by atoms with Gasteiger partial charge in [-0.05, 0) is 56.3 Å². The summed E-state index contributed by atoms with van der Waals surface area (Å²) in [4.78, 5) is 14.7. The number of hydrogen-bond donors (Lipinski definition) is 1. The molecule has 5 nitrogen and oxygen atoms in total. The Kier molecular flexibility index (Phi) is 4.78. The van der Waals surface area contributed by atoms with Gasteiger partial charge in [-0.2, -0.15) is 0 Å². The minimum Gasteiger partial charge on any atom is -0.338 e. The zero-order valence-electron chi connectivity index (χ0n) is 13.5. The van der Waals surface area contributed by atoms with E-state index in [2.05, 4.69) is 4.72 Å². The maximum Gasteiger partial charge on any atom is 0.223 e. The molecule has 6 heteroatoms. The van der Waals surface area contributed by atoms with Crippen LogP contribution in [0.15, 0.2) is 0 Å². The van der Waals surface area contributed by atoms with Crippen molar-refractivity contribution in [2.24, 2.45) is 17.8 Å². The van der Waals surface area contributed by atoms with Gasteiger partial charge in [0.25, 0.3) is 0 Å². The second-order valence-corrected chi connectivity index (χ2v) is 9.33. The van der Waals surface area contributed by atoms with Crippen LogP contribution >= 0.6 is 0 Å². The van der Waals surface area contributed by atoms with Crippen molar-refractivity contribution < 1.29 is 13.2 Å². The summed E-state index contributed by atoms with van der Waals surface area (Å²) in [7, 11) is -3.19. The molecule has 2 aliphatic carbocycles. The number of carbonyl (C=O) groups is 1. The molecule has 2 saturated carbocycles. The number of nitrogens with one attached hydrogen (secondary N) is 1. The van der Waals surface area contributed by atoms with Crippen molar-refractivity contribution >= 4 is 15.9 Å². The zero-order chi connectivity index (χ0) is 15.7. The predicted molar refractivity (Wildman–Crippen MR) is 85.8 cm³/mol. The summed E-state index contributed by atoms with van der Waals surface area (Å²) in [6.07, 6.45) is 10.1. The first-order valence-corrected chi connectivity index (χ1v) is 10.6. The Bertz CT molecular complexity index is 519. The smallest absolute Gasteiger partial charge is 0.223 e. The molecule has 1 heterocycles. The summed E-state index contributed by atoms with van der Waals surface area (Å²) < 4.78 is 25.2. The first-order chi connectivity index (χ1) is 10.4. The Balaban J connectivity index is 1.56. The largest absolute Gasteiger partial charge is 0.338 e. The van der Waals surface area contributed by atoms with Crippen molar-refractivity contribution in [1.29, 1.82) is 0 Å². The Morgan fingerprint density at radius 1 is 1.18 bits per heavy atom. The van der Waals surface area contributed by atoms with Crippen LogP contribution in [0.5, 0.6) is 0 Å². The van der Waals surface area contributed by atoms with Gasteiger partial charge in [0.1, 0.15) is 0 Å². The number of carbonyl (C=O) groups excluding carboxylic acids is 1. The molecule has 3 fully saturated rings. The Morgan fingerprint density at radius 2 is 2.00 bits per heavy atom. The van der Waals surface area contributed by atoms with Gasteiger partial charge < -0.3 is 4.90 Å². The van der Waals surface area contributed by atoms with E-state index >= 15 is 0 Å². The Hall–Kier alpha value is -0.620. The molecule has 3 rings (SSSR count). The summed E-state index contributed by atoms with van der Waals surface area (Å²) in [6.45, 7) is 1.15. The maximum atomic E-state index is 12.7. The van der Waals surface area contributed by atoms with E-state index in [1.807, 2.05) is 4.90 Å². The summed E-state index contributed by atoms with van der Waals surface area (Å²) in [5, 5.41) is 0. The second-order valence-electron chi connectivity index (χ2n) is 7.50. The molecule has 22 heavy (non-hydrogen) atoms. The third-order valence-electron chi connectivity index (χ3n) is 5.85. The average Bonchev–Trinajstić information content (AvgIpc) is 3.07. The van der Waals surface area contributed by atoms with Crippen LogP contribution in [0.4, 0.5) is 0 Å². The maximum absolute atomic E-state index is 12.7. The van der Waals surface area contributed by atoms with Crippen molar-refractivity contribution in [3.8, 4) is 0 Å². The molecule has 1 amide bonds. The van der Waals surface area contributed by atoms with Crippen molar-refractivity contribution in [3.63, 3.8) is 0 Å². The monoisotopic (exact) mass is 328 g/mol. The van der Waals surface area contributed by atoms with Gasteiger partial charge in [0.15, 0.2) is 0 Å². The number of rotatable bonds is 5.